The molecule has 2 N–H and O–H groups in total. The molecule has 0 unspecified atom stereocenters. The SMILES string of the molecule is O=C(Cn1cnc(-c2ccc(Cl)cc2)c1-c1ccncc1)N[C@@H]1CCN(C(=O)O)C1. The molecule has 9 heteroatoms. The maximum atomic E-state index is 12.7. The number of nitrogens with zero attached hydrogens (tertiary/aromatic N) is 4. The normalized spacial score (nSPS) is 15.9. The zero-order valence-corrected chi connectivity index (χ0v) is 16.8. The Bertz CT molecular complexity index is 1050. The van der Waals surface area contributed by atoms with Gasteiger partial charge in [-0.15, -0.1) is 0 Å². The summed E-state index contributed by atoms with van der Waals surface area (Å²) in [7, 11) is 0. The van der Waals surface area contributed by atoms with Crippen LogP contribution in [-0.2, 0) is 11.3 Å². The number of rotatable bonds is 5. The highest BCUT2D eigenvalue weighted by Crippen LogP contribution is 2.31. The third kappa shape index (κ3) is 4.28. The molecule has 3 aromatic rings. The van der Waals surface area contributed by atoms with E-state index in [1.165, 1.54) is 4.90 Å². The van der Waals surface area contributed by atoms with Gasteiger partial charge in [-0.2, -0.15) is 0 Å². The fourth-order valence-corrected chi connectivity index (χ4v) is 3.74. The highest BCUT2D eigenvalue weighted by Gasteiger charge is 2.27. The molecule has 154 valence electrons. The van der Waals surface area contributed by atoms with Gasteiger partial charge in [0.05, 0.1) is 17.7 Å². The van der Waals surface area contributed by atoms with Gasteiger partial charge in [0.25, 0.3) is 0 Å². The van der Waals surface area contributed by atoms with Crippen molar-refractivity contribution in [2.45, 2.75) is 19.0 Å². The quantitative estimate of drug-likeness (QED) is 0.654. The van der Waals surface area contributed by atoms with E-state index in [2.05, 4.69) is 15.3 Å². The number of carbonyl (C=O) groups excluding carboxylic acids is 1. The standard InChI is InChI=1S/C21H20ClN5O3/c22-16-3-1-14(2-4-16)19-20(15-5-8-23-9-6-15)27(13-24-19)12-18(28)25-17-7-10-26(11-17)21(29)30/h1-6,8-9,13,17H,7,10-12H2,(H,25,28)(H,29,30)/t17-/m1/s1. The Morgan fingerprint density at radius 3 is 2.53 bits per heavy atom. The fraction of sp³-hybridized carbons (Fsp3) is 0.238. The molecule has 1 aromatic carbocycles. The molecule has 1 saturated heterocycles. The number of amides is 2. The Labute approximate surface area is 178 Å². The highest BCUT2D eigenvalue weighted by atomic mass is 35.5. The minimum atomic E-state index is -0.964. The molecular weight excluding hydrogens is 406 g/mol. The Hall–Kier alpha value is -3.39. The Morgan fingerprint density at radius 1 is 1.13 bits per heavy atom. The van der Waals surface area contributed by atoms with Gasteiger partial charge in [0.1, 0.15) is 6.54 Å². The molecule has 1 atom stereocenters. The summed E-state index contributed by atoms with van der Waals surface area (Å²) in [6.07, 6.45) is 4.66. The summed E-state index contributed by atoms with van der Waals surface area (Å²) in [4.78, 5) is 33.7. The van der Waals surface area contributed by atoms with Gasteiger partial charge in [0.2, 0.25) is 5.91 Å². The maximum Gasteiger partial charge on any atom is 0.407 e. The van der Waals surface area contributed by atoms with Crippen LogP contribution in [0.2, 0.25) is 5.02 Å². The van der Waals surface area contributed by atoms with Gasteiger partial charge >= 0.3 is 6.09 Å². The van der Waals surface area contributed by atoms with Gasteiger partial charge < -0.3 is 19.9 Å². The number of halogens is 1. The molecule has 0 saturated carbocycles. The van der Waals surface area contributed by atoms with E-state index in [1.807, 2.05) is 24.3 Å². The number of carboxylic acid groups (broad SMARTS) is 1. The molecule has 0 radical (unpaired) electrons. The molecule has 1 aliphatic heterocycles. The van der Waals surface area contributed by atoms with Crippen LogP contribution in [0.1, 0.15) is 6.42 Å². The van der Waals surface area contributed by atoms with Crippen molar-refractivity contribution in [1.82, 2.24) is 24.8 Å². The van der Waals surface area contributed by atoms with Crippen LogP contribution in [-0.4, -0.2) is 55.7 Å². The molecule has 0 spiro atoms. The Morgan fingerprint density at radius 2 is 1.87 bits per heavy atom. The first-order chi connectivity index (χ1) is 14.5. The summed E-state index contributed by atoms with van der Waals surface area (Å²) in [6, 6.07) is 10.9. The van der Waals surface area contributed by atoms with Crippen LogP contribution < -0.4 is 5.32 Å². The molecule has 1 fully saturated rings. The van der Waals surface area contributed by atoms with Crippen molar-refractivity contribution in [3.05, 3.63) is 60.1 Å². The third-order valence-corrected chi connectivity index (χ3v) is 5.30. The van der Waals surface area contributed by atoms with E-state index in [0.29, 0.717) is 24.5 Å². The van der Waals surface area contributed by atoms with E-state index >= 15 is 0 Å². The molecular formula is C21H20ClN5O3. The van der Waals surface area contributed by atoms with Gasteiger partial charge in [-0.25, -0.2) is 9.78 Å². The number of carbonyl (C=O) groups is 2. The number of nitrogens with one attached hydrogen (secondary N) is 1. The summed E-state index contributed by atoms with van der Waals surface area (Å²) in [5.74, 6) is -0.192. The van der Waals surface area contributed by atoms with Crippen molar-refractivity contribution in [1.29, 1.82) is 0 Å². The number of hydrogen-bond donors (Lipinski definition) is 2. The van der Waals surface area contributed by atoms with Gasteiger partial charge in [-0.05, 0) is 30.7 Å². The second-order valence-electron chi connectivity index (χ2n) is 7.09. The predicted molar refractivity (Wildman–Crippen MR) is 112 cm³/mol. The number of likely N-dealkylation sites (tertiary alicyclic amines) is 1. The smallest absolute Gasteiger partial charge is 0.407 e. The van der Waals surface area contributed by atoms with E-state index in [1.54, 1.807) is 35.4 Å². The first-order valence-corrected chi connectivity index (χ1v) is 9.88. The van der Waals surface area contributed by atoms with Crippen LogP contribution in [0.3, 0.4) is 0 Å². The number of pyridine rings is 1. The van der Waals surface area contributed by atoms with Crippen molar-refractivity contribution in [3.8, 4) is 22.5 Å². The van der Waals surface area contributed by atoms with E-state index < -0.39 is 6.09 Å². The molecule has 8 nitrogen and oxygen atoms in total. The molecule has 30 heavy (non-hydrogen) atoms. The minimum Gasteiger partial charge on any atom is -0.465 e. The zero-order valence-electron chi connectivity index (χ0n) is 16.0. The largest absolute Gasteiger partial charge is 0.465 e. The van der Waals surface area contributed by atoms with Crippen LogP contribution in [0.15, 0.2) is 55.1 Å². The summed E-state index contributed by atoms with van der Waals surface area (Å²) >= 11 is 6.01. The second-order valence-corrected chi connectivity index (χ2v) is 7.53. The monoisotopic (exact) mass is 425 g/mol. The molecule has 1 aliphatic rings. The van der Waals surface area contributed by atoms with Crippen LogP contribution in [0, 0.1) is 0 Å². The first kappa shape index (κ1) is 19.9. The zero-order chi connectivity index (χ0) is 21.1. The molecule has 3 heterocycles. The summed E-state index contributed by atoms with van der Waals surface area (Å²) in [5.41, 5.74) is 3.31. The number of benzene rings is 1. The van der Waals surface area contributed by atoms with E-state index in [-0.39, 0.29) is 18.5 Å². The topological polar surface area (TPSA) is 100 Å². The molecule has 2 aromatic heterocycles. The average Bonchev–Trinajstić information content (AvgIpc) is 3.36. The average molecular weight is 426 g/mol. The lowest BCUT2D eigenvalue weighted by Crippen LogP contribution is -2.39. The van der Waals surface area contributed by atoms with Crippen molar-refractivity contribution in [3.63, 3.8) is 0 Å². The van der Waals surface area contributed by atoms with Crippen molar-refractivity contribution >= 4 is 23.6 Å². The van der Waals surface area contributed by atoms with Gasteiger partial charge in [-0.3, -0.25) is 9.78 Å². The molecule has 2 amide bonds. The third-order valence-electron chi connectivity index (χ3n) is 5.05. The fourth-order valence-electron chi connectivity index (χ4n) is 3.61. The second kappa shape index (κ2) is 8.54. The number of imidazole rings is 1. The number of aromatic nitrogens is 3. The van der Waals surface area contributed by atoms with Crippen molar-refractivity contribution in [2.24, 2.45) is 0 Å². The van der Waals surface area contributed by atoms with E-state index in [4.69, 9.17) is 16.7 Å². The summed E-state index contributed by atoms with van der Waals surface area (Å²) in [6.45, 7) is 0.800. The maximum absolute atomic E-state index is 12.7. The van der Waals surface area contributed by atoms with Gasteiger partial charge in [0, 0.05) is 47.7 Å². The van der Waals surface area contributed by atoms with Crippen molar-refractivity contribution in [2.75, 3.05) is 13.1 Å². The predicted octanol–water partition coefficient (Wildman–Crippen LogP) is 3.13. The van der Waals surface area contributed by atoms with Crippen molar-refractivity contribution < 1.29 is 14.7 Å². The lowest BCUT2D eigenvalue weighted by Gasteiger charge is -2.15. The minimum absolute atomic E-state index is 0.0712. The molecule has 4 rings (SSSR count). The van der Waals surface area contributed by atoms with Crippen LogP contribution in [0.5, 0.6) is 0 Å². The lowest BCUT2D eigenvalue weighted by atomic mass is 10.1. The Balaban J connectivity index is 1.58. The lowest BCUT2D eigenvalue weighted by molar-refractivity contribution is -0.122. The van der Waals surface area contributed by atoms with E-state index in [9.17, 15) is 9.59 Å². The number of hydrogen-bond acceptors (Lipinski definition) is 4. The summed E-state index contributed by atoms with van der Waals surface area (Å²) in [5, 5.41) is 12.6. The Kier molecular flexibility index (Phi) is 5.67. The highest BCUT2D eigenvalue weighted by molar-refractivity contribution is 6.30. The van der Waals surface area contributed by atoms with Crippen LogP contribution in [0.4, 0.5) is 4.79 Å². The summed E-state index contributed by atoms with van der Waals surface area (Å²) < 4.78 is 1.79. The van der Waals surface area contributed by atoms with E-state index in [0.717, 1.165) is 22.5 Å². The van der Waals surface area contributed by atoms with Gasteiger partial charge in [-0.1, -0.05) is 23.7 Å². The molecule has 0 bridgehead atoms. The first-order valence-electron chi connectivity index (χ1n) is 9.50. The van der Waals surface area contributed by atoms with Crippen LogP contribution >= 0.6 is 11.6 Å². The van der Waals surface area contributed by atoms with Crippen LogP contribution in [0.25, 0.3) is 22.5 Å². The van der Waals surface area contributed by atoms with Gasteiger partial charge in [0.15, 0.2) is 0 Å². The molecule has 0 aliphatic carbocycles.